The number of hydrogen-bond acceptors (Lipinski definition) is 20. The molecule has 0 amide bonds. The third-order valence-electron chi connectivity index (χ3n) is 5.00. The topological polar surface area (TPSA) is 313 Å². The molecule has 4 aromatic rings. The quantitative estimate of drug-likeness (QED) is 0.0216. The van der Waals surface area contributed by atoms with Crippen LogP contribution in [0.4, 0.5) is 23.0 Å². The van der Waals surface area contributed by atoms with Crippen molar-refractivity contribution in [2.75, 3.05) is 5.32 Å². The van der Waals surface area contributed by atoms with E-state index < -0.39 is 31.2 Å². The second-order valence-electron chi connectivity index (χ2n) is 7.81. The van der Waals surface area contributed by atoms with E-state index in [4.69, 9.17) is 21.4 Å². The van der Waals surface area contributed by atoms with Crippen LogP contribution < -0.4 is 5.32 Å². The molecular formula is C21H15ClN6O14S5. The van der Waals surface area contributed by atoms with Crippen molar-refractivity contribution in [3.05, 3.63) is 47.7 Å². The molecule has 1 heterocycles. The van der Waals surface area contributed by atoms with Gasteiger partial charge in [-0.25, -0.2) is 5.26 Å². The van der Waals surface area contributed by atoms with Crippen LogP contribution in [0, 0.1) is 11.4 Å². The molecule has 1 aromatic heterocycles. The number of phenolic OH excluding ortho intramolecular Hbond substituents is 1. The minimum absolute atomic E-state index is 0. The molecule has 4 rings (SSSR count). The molecular weight excluding hydrogens is 756 g/mol. The van der Waals surface area contributed by atoms with E-state index in [0.717, 1.165) is 23.9 Å². The lowest BCUT2D eigenvalue weighted by atomic mass is 10.1. The minimum atomic E-state index is -4.87. The number of benzene rings is 3. The smallest absolute Gasteiger partial charge is 0.433 e. The standard InChI is InChI=1S/C21H13ClN6O13S5.H2O/c22-19-24-20(26-21(25-19)43-31)23-13-5-6-15(45(32,33)34)12-9-14(44-40-39-30)17(18(29)16(12)13)28-27-10-1-3-11(4-2-10)42-8-7-38-41-46(35,36)37;/h1-6,9,29-31H,(H,32,33,34)(H,35,36,37)(H,23,24,25,26);1H2. The van der Waals surface area contributed by atoms with Gasteiger partial charge in [-0.3, -0.25) is 14.0 Å². The van der Waals surface area contributed by atoms with Crippen molar-refractivity contribution in [3.63, 3.8) is 0 Å². The van der Waals surface area contributed by atoms with E-state index >= 15 is 0 Å². The number of nitrogens with one attached hydrogen (secondary N) is 1. The highest BCUT2D eigenvalue weighted by atomic mass is 35.5. The Hall–Kier alpha value is -3.59. The number of hydrogen-bond donors (Lipinski definition) is 6. The largest absolute Gasteiger partial charge is 0.505 e. The van der Waals surface area contributed by atoms with Gasteiger partial charge in [0.1, 0.15) is 10.6 Å². The molecule has 0 aliphatic rings. The van der Waals surface area contributed by atoms with Gasteiger partial charge in [-0.05, 0) is 70.2 Å². The fourth-order valence-corrected chi connectivity index (χ4v) is 5.58. The van der Waals surface area contributed by atoms with Crippen LogP contribution in [0.25, 0.3) is 10.8 Å². The van der Waals surface area contributed by atoms with Gasteiger partial charge in [0, 0.05) is 15.5 Å². The SMILES string of the molecule is O.O=S(=O)(O)OOC#CSc1ccc(N=Nc2c(SOOO)cc3c(S(=O)(=O)O)ccc(Nc4nc(Cl)nc(SO)n4)c3c2O)cc1. The van der Waals surface area contributed by atoms with Gasteiger partial charge in [0.15, 0.2) is 11.9 Å². The predicted octanol–water partition coefficient (Wildman–Crippen LogP) is 4.72. The molecule has 20 nitrogen and oxygen atoms in total. The van der Waals surface area contributed by atoms with Gasteiger partial charge >= 0.3 is 10.4 Å². The van der Waals surface area contributed by atoms with Crippen molar-refractivity contribution >= 4 is 102 Å². The summed E-state index contributed by atoms with van der Waals surface area (Å²) in [6.07, 6.45) is 1.89. The number of thioether (sulfide) groups is 1. The Morgan fingerprint density at radius 3 is 2.36 bits per heavy atom. The predicted molar refractivity (Wildman–Crippen MR) is 164 cm³/mol. The zero-order valence-corrected chi connectivity index (χ0v) is 27.0. The number of nitrogens with zero attached hydrogens (tertiary/aromatic N) is 5. The average molecular weight is 771 g/mol. The van der Waals surface area contributed by atoms with Crippen molar-refractivity contribution in [1.82, 2.24) is 15.0 Å². The fourth-order valence-electron chi connectivity index (χ4n) is 3.37. The Balaban J connectivity index is 0.00000600. The fraction of sp³-hybridized carbons (Fsp3) is 0. The molecule has 0 fully saturated rings. The molecule has 47 heavy (non-hydrogen) atoms. The summed E-state index contributed by atoms with van der Waals surface area (Å²) in [5.41, 5.74) is -0.0977. The Morgan fingerprint density at radius 2 is 1.72 bits per heavy atom. The zero-order valence-electron chi connectivity index (χ0n) is 22.2. The van der Waals surface area contributed by atoms with Crippen molar-refractivity contribution in [2.24, 2.45) is 10.2 Å². The molecule has 0 radical (unpaired) electrons. The first-order valence-corrected chi connectivity index (χ1v) is 16.8. The Bertz CT molecular complexity index is 2080. The van der Waals surface area contributed by atoms with E-state index in [2.05, 4.69) is 54.3 Å². The summed E-state index contributed by atoms with van der Waals surface area (Å²) < 4.78 is 80.9. The molecule has 0 atom stereocenters. The molecule has 250 valence electrons. The van der Waals surface area contributed by atoms with Gasteiger partial charge in [0.2, 0.25) is 16.4 Å². The van der Waals surface area contributed by atoms with Crippen LogP contribution in [-0.4, -0.2) is 61.3 Å². The second-order valence-corrected chi connectivity index (χ2v) is 12.7. The van der Waals surface area contributed by atoms with Crippen molar-refractivity contribution < 1.29 is 64.9 Å². The molecule has 3 aromatic carbocycles. The van der Waals surface area contributed by atoms with Crippen LogP contribution in [0.15, 0.2) is 72.5 Å². The Labute approximate surface area is 280 Å². The van der Waals surface area contributed by atoms with Crippen molar-refractivity contribution in [1.29, 1.82) is 0 Å². The Kier molecular flexibility index (Phi) is 13.3. The van der Waals surface area contributed by atoms with E-state index in [0.29, 0.717) is 16.9 Å². The lowest BCUT2D eigenvalue weighted by Gasteiger charge is -2.15. The van der Waals surface area contributed by atoms with Crippen molar-refractivity contribution in [3.8, 4) is 17.1 Å². The highest BCUT2D eigenvalue weighted by Gasteiger charge is 2.24. The van der Waals surface area contributed by atoms with E-state index in [1.165, 1.54) is 30.3 Å². The number of phenols is 1. The van der Waals surface area contributed by atoms with Gasteiger partial charge in [-0.1, -0.05) is 5.04 Å². The molecule has 0 bridgehead atoms. The van der Waals surface area contributed by atoms with E-state index in [9.17, 15) is 31.0 Å². The number of azo groups is 1. The normalized spacial score (nSPS) is 11.6. The van der Waals surface area contributed by atoms with Crippen LogP contribution in [0.5, 0.6) is 5.75 Å². The van der Waals surface area contributed by atoms with Crippen LogP contribution in [0.2, 0.25) is 5.28 Å². The third kappa shape index (κ3) is 10.4. The van der Waals surface area contributed by atoms with Gasteiger partial charge in [-0.2, -0.15) is 36.9 Å². The Morgan fingerprint density at radius 1 is 1.00 bits per heavy atom. The number of halogens is 1. The molecule has 0 spiro atoms. The second kappa shape index (κ2) is 16.5. The molecule has 0 unspecified atom stereocenters. The summed E-state index contributed by atoms with van der Waals surface area (Å²) in [7, 11) is -9.69. The molecule has 26 heteroatoms. The van der Waals surface area contributed by atoms with Crippen molar-refractivity contribution in [2.45, 2.75) is 19.8 Å². The maximum Gasteiger partial charge on any atom is 0.433 e. The minimum Gasteiger partial charge on any atom is -0.505 e. The van der Waals surface area contributed by atoms with E-state index in [-0.39, 0.29) is 66.6 Å². The summed E-state index contributed by atoms with van der Waals surface area (Å²) >= 11 is 7.25. The van der Waals surface area contributed by atoms with Gasteiger partial charge in [0.25, 0.3) is 10.1 Å². The number of aromatic nitrogens is 3. The van der Waals surface area contributed by atoms with Gasteiger partial charge in [-0.15, -0.1) is 9.45 Å². The highest BCUT2D eigenvalue weighted by molar-refractivity contribution is 8.04. The number of rotatable bonds is 12. The number of aromatic hydroxyl groups is 1. The van der Waals surface area contributed by atoms with E-state index in [1.54, 1.807) is 0 Å². The first-order valence-electron chi connectivity index (χ1n) is 11.2. The molecule has 0 aliphatic heterocycles. The maximum atomic E-state index is 12.2. The van der Waals surface area contributed by atoms with Crippen LogP contribution >= 0.6 is 47.4 Å². The first kappa shape index (κ1) is 37.9. The van der Waals surface area contributed by atoms with Crippen LogP contribution in [0.3, 0.4) is 0 Å². The van der Waals surface area contributed by atoms with Crippen LogP contribution in [-0.2, 0) is 39.1 Å². The lowest BCUT2D eigenvalue weighted by molar-refractivity contribution is -0.432. The first-order chi connectivity index (χ1) is 21.8. The number of anilines is 2. The zero-order chi connectivity index (χ0) is 33.5. The lowest BCUT2D eigenvalue weighted by Crippen LogP contribution is -2.04. The maximum absolute atomic E-state index is 12.2. The average Bonchev–Trinajstić information content (AvgIpc) is 2.98. The summed E-state index contributed by atoms with van der Waals surface area (Å²) in [6.45, 7) is 0. The third-order valence-corrected chi connectivity index (χ3v) is 7.98. The summed E-state index contributed by atoms with van der Waals surface area (Å²) in [6, 6.07) is 9.36. The summed E-state index contributed by atoms with van der Waals surface area (Å²) in [4.78, 5) is 15.3. The highest BCUT2D eigenvalue weighted by Crippen LogP contribution is 2.48. The van der Waals surface area contributed by atoms with E-state index in [1.807, 2.05) is 6.11 Å². The van der Waals surface area contributed by atoms with Crippen LogP contribution in [0.1, 0.15) is 0 Å². The molecule has 0 aliphatic carbocycles. The number of fused-ring (bicyclic) bond motifs is 1. The monoisotopic (exact) mass is 770 g/mol. The molecule has 0 saturated carbocycles. The summed E-state index contributed by atoms with van der Waals surface area (Å²) in [5, 5.41) is 35.9. The van der Waals surface area contributed by atoms with Gasteiger partial charge in [0.05, 0.1) is 45.7 Å². The van der Waals surface area contributed by atoms with Gasteiger partial charge < -0.3 is 20.5 Å². The molecule has 0 saturated heterocycles. The molecule has 8 N–H and O–H groups in total. The summed E-state index contributed by atoms with van der Waals surface area (Å²) in [5.74, 6) is -0.902.